The van der Waals surface area contributed by atoms with Crippen LogP contribution in [0.3, 0.4) is 0 Å². The Morgan fingerprint density at radius 2 is 1.71 bits per heavy atom. The van der Waals surface area contributed by atoms with Crippen molar-refractivity contribution in [2.45, 2.75) is 31.7 Å². The number of para-hydroxylation sites is 2. The second-order valence-electron chi connectivity index (χ2n) is 6.74. The Kier molecular flexibility index (Phi) is 7.01. The number of carbonyl (C=O) groups is 1. The van der Waals surface area contributed by atoms with E-state index in [0.29, 0.717) is 5.75 Å². The average molecular weight is 408 g/mol. The van der Waals surface area contributed by atoms with Gasteiger partial charge in [-0.3, -0.25) is 9.10 Å². The lowest BCUT2D eigenvalue weighted by atomic mass is 10.1. The van der Waals surface area contributed by atoms with E-state index in [1.807, 2.05) is 20.8 Å². The minimum Gasteiger partial charge on any atom is -0.495 e. The molecule has 0 saturated carbocycles. The monoisotopic (exact) mass is 408 g/mol. The molecular weight excluding hydrogens is 383 g/mol. The molecule has 28 heavy (non-hydrogen) atoms. The smallest absolute Gasteiger partial charge is 0.264 e. The summed E-state index contributed by atoms with van der Waals surface area (Å²) in [4.78, 5) is 12.4. The number of anilines is 1. The van der Waals surface area contributed by atoms with Crippen molar-refractivity contribution in [3.63, 3.8) is 0 Å². The number of hydrogen-bond acceptors (Lipinski definition) is 4. The highest BCUT2D eigenvalue weighted by atomic mass is 32.2. The number of rotatable bonds is 8. The molecule has 0 bridgehead atoms. The predicted octanol–water partition coefficient (Wildman–Crippen LogP) is 3.19. The summed E-state index contributed by atoms with van der Waals surface area (Å²) in [6.45, 7) is 5.33. The molecule has 0 aliphatic rings. The summed E-state index contributed by atoms with van der Waals surface area (Å²) in [5, 5.41) is 2.80. The molecule has 1 unspecified atom stereocenters. The summed E-state index contributed by atoms with van der Waals surface area (Å²) < 4.78 is 46.0. The molecule has 0 heterocycles. The van der Waals surface area contributed by atoms with E-state index in [9.17, 15) is 17.6 Å². The number of methoxy groups -OCH3 is 1. The van der Waals surface area contributed by atoms with Crippen molar-refractivity contribution < 1.29 is 22.3 Å². The maximum absolute atomic E-state index is 13.3. The molecule has 6 nitrogen and oxygen atoms in total. The maximum atomic E-state index is 13.3. The highest BCUT2D eigenvalue weighted by molar-refractivity contribution is 7.92. The van der Waals surface area contributed by atoms with E-state index in [-0.39, 0.29) is 22.5 Å². The molecule has 2 aromatic carbocycles. The first-order chi connectivity index (χ1) is 13.2. The number of sulfonamides is 1. The van der Waals surface area contributed by atoms with Crippen LogP contribution in [0.25, 0.3) is 0 Å². The van der Waals surface area contributed by atoms with Crippen LogP contribution in [0.5, 0.6) is 5.75 Å². The van der Waals surface area contributed by atoms with Gasteiger partial charge in [-0.05, 0) is 49.2 Å². The van der Waals surface area contributed by atoms with Crippen molar-refractivity contribution in [1.82, 2.24) is 5.32 Å². The van der Waals surface area contributed by atoms with Gasteiger partial charge in [-0.15, -0.1) is 0 Å². The molecule has 0 spiro atoms. The molecule has 2 aromatic rings. The topological polar surface area (TPSA) is 75.7 Å². The minimum atomic E-state index is -4.13. The molecule has 0 aliphatic heterocycles. The van der Waals surface area contributed by atoms with Crippen LogP contribution in [0.2, 0.25) is 0 Å². The lowest BCUT2D eigenvalue weighted by Gasteiger charge is -2.27. The molecule has 152 valence electrons. The zero-order valence-corrected chi connectivity index (χ0v) is 17.2. The fourth-order valence-corrected chi connectivity index (χ4v) is 3.90. The average Bonchev–Trinajstić information content (AvgIpc) is 2.66. The molecule has 8 heteroatoms. The third-order valence-electron chi connectivity index (χ3n) is 4.43. The van der Waals surface area contributed by atoms with Crippen molar-refractivity contribution in [1.29, 1.82) is 0 Å². The molecule has 1 amide bonds. The predicted molar refractivity (Wildman–Crippen MR) is 106 cm³/mol. The first kappa shape index (κ1) is 21.7. The van der Waals surface area contributed by atoms with E-state index in [1.165, 1.54) is 19.2 Å². The van der Waals surface area contributed by atoms with E-state index in [0.717, 1.165) is 16.4 Å². The van der Waals surface area contributed by atoms with Crippen molar-refractivity contribution in [3.05, 3.63) is 54.3 Å². The van der Waals surface area contributed by atoms with Gasteiger partial charge in [0.2, 0.25) is 5.91 Å². The van der Waals surface area contributed by atoms with Gasteiger partial charge >= 0.3 is 0 Å². The summed E-state index contributed by atoms with van der Waals surface area (Å²) in [5.41, 5.74) is 0.224. The lowest BCUT2D eigenvalue weighted by molar-refractivity contribution is -0.120. The molecule has 0 fully saturated rings. The molecule has 0 aromatic heterocycles. The number of nitrogens with one attached hydrogen (secondary N) is 1. The van der Waals surface area contributed by atoms with Crippen LogP contribution in [0.4, 0.5) is 10.1 Å². The highest BCUT2D eigenvalue weighted by Crippen LogP contribution is 2.32. The van der Waals surface area contributed by atoms with Gasteiger partial charge in [0.15, 0.2) is 0 Å². The van der Waals surface area contributed by atoms with Crippen LogP contribution < -0.4 is 14.4 Å². The molecule has 0 radical (unpaired) electrons. The zero-order valence-electron chi connectivity index (χ0n) is 16.3. The number of hydrogen-bond donors (Lipinski definition) is 1. The van der Waals surface area contributed by atoms with Crippen LogP contribution in [0.15, 0.2) is 53.4 Å². The van der Waals surface area contributed by atoms with Crippen LogP contribution in [0, 0.1) is 11.7 Å². The quantitative estimate of drug-likeness (QED) is 0.728. The minimum absolute atomic E-state index is 0.121. The zero-order chi connectivity index (χ0) is 20.9. The van der Waals surface area contributed by atoms with E-state index in [2.05, 4.69) is 5.32 Å². The molecular formula is C20H25FN2O4S. The summed E-state index contributed by atoms with van der Waals surface area (Å²) >= 11 is 0. The van der Waals surface area contributed by atoms with Gasteiger partial charge in [-0.2, -0.15) is 0 Å². The summed E-state index contributed by atoms with van der Waals surface area (Å²) in [6.07, 6.45) is 0. The Morgan fingerprint density at radius 3 is 2.29 bits per heavy atom. The Hall–Kier alpha value is -2.61. The van der Waals surface area contributed by atoms with E-state index in [4.69, 9.17) is 4.74 Å². The molecule has 0 aliphatic carbocycles. The van der Waals surface area contributed by atoms with Crippen LogP contribution in [-0.4, -0.2) is 34.0 Å². The van der Waals surface area contributed by atoms with Crippen LogP contribution in [-0.2, 0) is 14.8 Å². The summed E-state index contributed by atoms with van der Waals surface area (Å²) in [6, 6.07) is 10.9. The Balaban J connectivity index is 2.47. The second-order valence-corrected chi connectivity index (χ2v) is 8.60. The van der Waals surface area contributed by atoms with Gasteiger partial charge in [0.1, 0.15) is 18.1 Å². The van der Waals surface area contributed by atoms with Crippen molar-refractivity contribution in [2.24, 2.45) is 5.92 Å². The van der Waals surface area contributed by atoms with Crippen LogP contribution in [0.1, 0.15) is 20.8 Å². The molecule has 2 rings (SSSR count). The van der Waals surface area contributed by atoms with Crippen LogP contribution >= 0.6 is 0 Å². The number of benzene rings is 2. The standard InChI is InChI=1S/C20H25FN2O4S/c1-14(2)15(3)22-20(24)13-23(18-7-5-6-8-19(18)27-4)28(25,26)17-11-9-16(21)10-12-17/h5-12,14-15H,13H2,1-4H3,(H,22,24). The molecule has 1 atom stereocenters. The first-order valence-electron chi connectivity index (χ1n) is 8.87. The number of nitrogens with zero attached hydrogens (tertiary/aromatic N) is 1. The second kappa shape index (κ2) is 9.05. The normalized spacial score (nSPS) is 12.5. The molecule has 0 saturated heterocycles. The van der Waals surface area contributed by atoms with Gasteiger partial charge in [-0.1, -0.05) is 26.0 Å². The SMILES string of the molecule is COc1ccccc1N(CC(=O)NC(C)C(C)C)S(=O)(=O)c1ccc(F)cc1. The third kappa shape index (κ3) is 5.01. The van der Waals surface area contributed by atoms with Gasteiger partial charge in [0.25, 0.3) is 10.0 Å². The summed E-state index contributed by atoms with van der Waals surface area (Å²) in [7, 11) is -2.71. The number of carbonyl (C=O) groups excluding carboxylic acids is 1. The Morgan fingerprint density at radius 1 is 1.11 bits per heavy atom. The Labute approximate surface area is 165 Å². The van der Waals surface area contributed by atoms with Crippen molar-refractivity contribution >= 4 is 21.6 Å². The maximum Gasteiger partial charge on any atom is 0.264 e. The van der Waals surface area contributed by atoms with Gasteiger partial charge < -0.3 is 10.1 Å². The van der Waals surface area contributed by atoms with Gasteiger partial charge in [0, 0.05) is 6.04 Å². The van der Waals surface area contributed by atoms with E-state index < -0.39 is 28.3 Å². The third-order valence-corrected chi connectivity index (χ3v) is 6.21. The van der Waals surface area contributed by atoms with Gasteiger partial charge in [-0.25, -0.2) is 12.8 Å². The Bertz CT molecular complexity index is 914. The van der Waals surface area contributed by atoms with Gasteiger partial charge in [0.05, 0.1) is 17.7 Å². The summed E-state index contributed by atoms with van der Waals surface area (Å²) in [5.74, 6) is -0.501. The fourth-order valence-electron chi connectivity index (χ4n) is 2.47. The van der Waals surface area contributed by atoms with Crippen molar-refractivity contribution in [2.75, 3.05) is 18.0 Å². The van der Waals surface area contributed by atoms with E-state index in [1.54, 1.807) is 24.3 Å². The largest absolute Gasteiger partial charge is 0.495 e. The number of ether oxygens (including phenoxy) is 1. The van der Waals surface area contributed by atoms with Crippen molar-refractivity contribution in [3.8, 4) is 5.75 Å². The highest BCUT2D eigenvalue weighted by Gasteiger charge is 2.29. The van der Waals surface area contributed by atoms with E-state index >= 15 is 0 Å². The lowest BCUT2D eigenvalue weighted by Crippen LogP contribution is -2.45. The number of halogens is 1. The fraction of sp³-hybridized carbons (Fsp3) is 0.350. The first-order valence-corrected chi connectivity index (χ1v) is 10.3. The number of amides is 1. The molecule has 1 N–H and O–H groups in total.